The maximum absolute atomic E-state index is 4.74. The number of hydrogen-bond acceptors (Lipinski definition) is 1. The molecule has 4 aliphatic rings. The molecule has 1 heterocycles. The van der Waals surface area contributed by atoms with Crippen LogP contribution in [-0.2, 0) is 5.41 Å². The van der Waals surface area contributed by atoms with E-state index in [0.717, 1.165) is 34.5 Å². The van der Waals surface area contributed by atoms with E-state index >= 15 is 0 Å². The van der Waals surface area contributed by atoms with Gasteiger partial charge in [0.1, 0.15) is 0 Å². The molecular formula is C25H26N2. The van der Waals surface area contributed by atoms with Crippen LogP contribution >= 0.6 is 0 Å². The first kappa shape index (κ1) is 15.7. The number of aromatic amines is 1. The highest BCUT2D eigenvalue weighted by molar-refractivity contribution is 5.99. The van der Waals surface area contributed by atoms with Crippen molar-refractivity contribution in [1.29, 1.82) is 0 Å². The second-order valence-electron chi connectivity index (χ2n) is 9.29. The van der Waals surface area contributed by atoms with E-state index in [9.17, 15) is 0 Å². The number of benzene rings is 2. The Morgan fingerprint density at radius 3 is 2.22 bits per heavy atom. The fourth-order valence-electron chi connectivity index (χ4n) is 6.71. The molecule has 0 spiro atoms. The van der Waals surface area contributed by atoms with Gasteiger partial charge in [-0.25, -0.2) is 0 Å². The predicted molar refractivity (Wildman–Crippen MR) is 112 cm³/mol. The standard InChI is InChI=1S/C25H26N2/c1-2-4-24-23(3-1)20(16-27-24)15-26-22-7-5-21(6-8-22)25-12-17-9-18(13-25)11-19(10-17)14-25/h1-8,15-19,27H,9-14H2. The summed E-state index contributed by atoms with van der Waals surface area (Å²) >= 11 is 0. The minimum atomic E-state index is 0.480. The molecule has 4 fully saturated rings. The molecule has 7 rings (SSSR count). The van der Waals surface area contributed by atoms with Crippen LogP contribution in [0, 0.1) is 17.8 Å². The molecule has 4 bridgehead atoms. The largest absolute Gasteiger partial charge is 0.361 e. The number of nitrogens with one attached hydrogen (secondary N) is 1. The van der Waals surface area contributed by atoms with E-state index in [1.54, 1.807) is 5.56 Å². The second-order valence-corrected chi connectivity index (χ2v) is 9.29. The molecule has 0 aliphatic heterocycles. The average molecular weight is 354 g/mol. The van der Waals surface area contributed by atoms with E-state index in [4.69, 9.17) is 4.99 Å². The molecule has 0 saturated heterocycles. The number of H-pyrrole nitrogens is 1. The van der Waals surface area contributed by atoms with Crippen LogP contribution in [-0.4, -0.2) is 11.2 Å². The zero-order valence-corrected chi connectivity index (χ0v) is 15.7. The van der Waals surface area contributed by atoms with Crippen LogP contribution < -0.4 is 0 Å². The lowest BCUT2D eigenvalue weighted by molar-refractivity contribution is -0.00518. The van der Waals surface area contributed by atoms with Crippen LogP contribution in [0.1, 0.15) is 49.7 Å². The summed E-state index contributed by atoms with van der Waals surface area (Å²) < 4.78 is 0. The highest BCUT2D eigenvalue weighted by Gasteiger charge is 2.51. The minimum absolute atomic E-state index is 0.480. The van der Waals surface area contributed by atoms with E-state index in [1.165, 1.54) is 43.9 Å². The van der Waals surface area contributed by atoms with Gasteiger partial charge in [0, 0.05) is 28.9 Å². The molecule has 136 valence electrons. The molecule has 2 nitrogen and oxygen atoms in total. The van der Waals surface area contributed by atoms with Gasteiger partial charge in [-0.05, 0) is 85.5 Å². The topological polar surface area (TPSA) is 28.1 Å². The third kappa shape index (κ3) is 2.57. The number of aromatic nitrogens is 1. The highest BCUT2D eigenvalue weighted by atomic mass is 14.7. The minimum Gasteiger partial charge on any atom is -0.361 e. The molecule has 0 atom stereocenters. The van der Waals surface area contributed by atoms with Crippen molar-refractivity contribution in [2.24, 2.45) is 22.7 Å². The van der Waals surface area contributed by atoms with E-state index < -0.39 is 0 Å². The lowest BCUT2D eigenvalue weighted by Crippen LogP contribution is -2.48. The molecule has 27 heavy (non-hydrogen) atoms. The number of nitrogens with zero attached hydrogens (tertiary/aromatic N) is 1. The van der Waals surface area contributed by atoms with Crippen LogP contribution in [0.2, 0.25) is 0 Å². The Bertz CT molecular complexity index is 973. The Labute approximate surface area is 160 Å². The van der Waals surface area contributed by atoms with Crippen molar-refractivity contribution in [3.63, 3.8) is 0 Å². The number of aliphatic imine (C=N–C) groups is 1. The van der Waals surface area contributed by atoms with Crippen LogP contribution in [0.25, 0.3) is 10.9 Å². The van der Waals surface area contributed by atoms with E-state index in [1.807, 2.05) is 12.4 Å². The molecule has 4 saturated carbocycles. The molecule has 2 aromatic carbocycles. The number of hydrogen-bond donors (Lipinski definition) is 1. The zero-order chi connectivity index (χ0) is 17.8. The van der Waals surface area contributed by atoms with Crippen molar-refractivity contribution in [3.05, 3.63) is 65.9 Å². The summed E-state index contributed by atoms with van der Waals surface area (Å²) in [6.07, 6.45) is 12.8. The Morgan fingerprint density at radius 2 is 1.52 bits per heavy atom. The molecule has 3 aromatic rings. The summed E-state index contributed by atoms with van der Waals surface area (Å²) in [6, 6.07) is 17.6. The van der Waals surface area contributed by atoms with Gasteiger partial charge in [0.15, 0.2) is 0 Å². The van der Waals surface area contributed by atoms with Gasteiger partial charge in [0.25, 0.3) is 0 Å². The summed E-state index contributed by atoms with van der Waals surface area (Å²) in [7, 11) is 0. The van der Waals surface area contributed by atoms with Crippen molar-refractivity contribution in [3.8, 4) is 0 Å². The molecule has 0 amide bonds. The molecule has 4 aliphatic carbocycles. The second kappa shape index (κ2) is 5.82. The van der Waals surface area contributed by atoms with Crippen LogP contribution in [0.5, 0.6) is 0 Å². The number of rotatable bonds is 3. The summed E-state index contributed by atoms with van der Waals surface area (Å²) in [5, 5.41) is 1.23. The summed E-state index contributed by atoms with van der Waals surface area (Å²) in [6.45, 7) is 0. The number of fused-ring (bicyclic) bond motifs is 1. The summed E-state index contributed by atoms with van der Waals surface area (Å²) in [5.41, 5.74) is 5.42. The molecule has 1 aromatic heterocycles. The van der Waals surface area contributed by atoms with Crippen molar-refractivity contribution in [2.75, 3.05) is 0 Å². The summed E-state index contributed by atoms with van der Waals surface area (Å²) in [4.78, 5) is 8.06. The maximum atomic E-state index is 4.74. The molecular weight excluding hydrogens is 328 g/mol. The van der Waals surface area contributed by atoms with Crippen LogP contribution in [0.4, 0.5) is 5.69 Å². The quantitative estimate of drug-likeness (QED) is 0.528. The first-order chi connectivity index (χ1) is 13.3. The fourth-order valence-corrected chi connectivity index (χ4v) is 6.71. The lowest BCUT2D eigenvalue weighted by atomic mass is 9.48. The van der Waals surface area contributed by atoms with Gasteiger partial charge in [-0.15, -0.1) is 0 Å². The fraction of sp³-hybridized carbons (Fsp3) is 0.400. The lowest BCUT2D eigenvalue weighted by Gasteiger charge is -2.57. The third-order valence-electron chi connectivity index (χ3n) is 7.49. The predicted octanol–water partition coefficient (Wildman–Crippen LogP) is 6.39. The first-order valence-corrected chi connectivity index (χ1v) is 10.5. The van der Waals surface area contributed by atoms with Gasteiger partial charge < -0.3 is 4.98 Å². The van der Waals surface area contributed by atoms with Gasteiger partial charge in [-0.3, -0.25) is 4.99 Å². The van der Waals surface area contributed by atoms with Crippen molar-refractivity contribution < 1.29 is 0 Å². The van der Waals surface area contributed by atoms with E-state index in [-0.39, 0.29) is 0 Å². The zero-order valence-electron chi connectivity index (χ0n) is 15.7. The maximum Gasteiger partial charge on any atom is 0.0630 e. The molecule has 0 unspecified atom stereocenters. The van der Waals surface area contributed by atoms with E-state index in [2.05, 4.69) is 53.5 Å². The monoisotopic (exact) mass is 354 g/mol. The molecule has 0 radical (unpaired) electrons. The normalized spacial score (nSPS) is 31.9. The molecule has 2 heteroatoms. The Hall–Kier alpha value is -2.35. The van der Waals surface area contributed by atoms with Crippen molar-refractivity contribution in [2.45, 2.75) is 43.9 Å². The highest BCUT2D eigenvalue weighted by Crippen LogP contribution is 2.60. The van der Waals surface area contributed by atoms with Gasteiger partial charge in [0.2, 0.25) is 0 Å². The smallest absolute Gasteiger partial charge is 0.0630 e. The average Bonchev–Trinajstić information content (AvgIpc) is 3.09. The Balaban J connectivity index is 1.26. The first-order valence-electron chi connectivity index (χ1n) is 10.5. The van der Waals surface area contributed by atoms with Gasteiger partial charge in [-0.2, -0.15) is 0 Å². The van der Waals surface area contributed by atoms with Crippen molar-refractivity contribution in [1.82, 2.24) is 4.98 Å². The number of para-hydroxylation sites is 1. The van der Waals surface area contributed by atoms with Crippen LogP contribution in [0.3, 0.4) is 0 Å². The molecule has 1 N–H and O–H groups in total. The van der Waals surface area contributed by atoms with Gasteiger partial charge >= 0.3 is 0 Å². The van der Waals surface area contributed by atoms with Crippen molar-refractivity contribution >= 4 is 22.8 Å². The Morgan fingerprint density at radius 1 is 0.852 bits per heavy atom. The van der Waals surface area contributed by atoms with Gasteiger partial charge in [-0.1, -0.05) is 30.3 Å². The Kier molecular flexibility index (Phi) is 3.38. The third-order valence-corrected chi connectivity index (χ3v) is 7.49. The van der Waals surface area contributed by atoms with Crippen LogP contribution in [0.15, 0.2) is 59.7 Å². The SMILES string of the molecule is C(=Nc1ccc(C23CC4CC(CC(C4)C2)C3)cc1)c1c[nH]c2ccccc12. The van der Waals surface area contributed by atoms with E-state index in [0.29, 0.717) is 5.41 Å². The van der Waals surface area contributed by atoms with Gasteiger partial charge in [0.05, 0.1) is 5.69 Å². The summed E-state index contributed by atoms with van der Waals surface area (Å²) in [5.74, 6) is 2.99.